The van der Waals surface area contributed by atoms with Crippen molar-refractivity contribution in [1.82, 2.24) is 5.32 Å². The number of benzene rings is 1. The number of nitro benzene ring substituents is 1. The molecule has 1 aromatic rings. The summed E-state index contributed by atoms with van der Waals surface area (Å²) in [5.74, 6) is 0. The zero-order valence-electron chi connectivity index (χ0n) is 10.8. The molecule has 0 aliphatic rings. The Kier molecular flexibility index (Phi) is 5.25. The number of aliphatic hydroxyl groups excluding tert-OH is 1. The number of rotatable bonds is 7. The van der Waals surface area contributed by atoms with E-state index < -0.39 is 0 Å². The van der Waals surface area contributed by atoms with Gasteiger partial charge >= 0.3 is 0 Å². The van der Waals surface area contributed by atoms with Gasteiger partial charge in [-0.15, -0.1) is 0 Å². The van der Waals surface area contributed by atoms with Crippen molar-refractivity contribution < 1.29 is 10.0 Å². The van der Waals surface area contributed by atoms with Crippen LogP contribution in [0.1, 0.15) is 25.8 Å². The summed E-state index contributed by atoms with van der Waals surface area (Å²) in [4.78, 5) is 10.2. The summed E-state index contributed by atoms with van der Waals surface area (Å²) in [5.41, 5.74) is 1.03. The largest absolute Gasteiger partial charge is 0.396 e. The first-order valence-electron chi connectivity index (χ1n) is 5.99. The van der Waals surface area contributed by atoms with Crippen LogP contribution in [0.2, 0.25) is 0 Å². The first-order valence-corrected chi connectivity index (χ1v) is 5.99. The molecule has 18 heavy (non-hydrogen) atoms. The van der Waals surface area contributed by atoms with Crippen molar-refractivity contribution in [3.63, 3.8) is 0 Å². The number of hydrogen-bond acceptors (Lipinski definition) is 4. The average molecular weight is 252 g/mol. The molecule has 5 heteroatoms. The normalized spacial score (nSPS) is 11.5. The van der Waals surface area contributed by atoms with E-state index in [1.807, 2.05) is 6.07 Å². The fourth-order valence-corrected chi connectivity index (χ4v) is 1.72. The van der Waals surface area contributed by atoms with E-state index in [2.05, 4.69) is 19.2 Å². The Labute approximate surface area is 107 Å². The predicted molar refractivity (Wildman–Crippen MR) is 70.3 cm³/mol. The van der Waals surface area contributed by atoms with Crippen LogP contribution in [-0.4, -0.2) is 23.2 Å². The molecule has 0 unspecified atom stereocenters. The van der Waals surface area contributed by atoms with Crippen LogP contribution >= 0.6 is 0 Å². The molecule has 0 atom stereocenters. The second-order valence-electron chi connectivity index (χ2n) is 5.17. The third kappa shape index (κ3) is 4.81. The molecule has 2 N–H and O–H groups in total. The molecule has 100 valence electrons. The molecular formula is C13H20N2O3. The molecule has 0 bridgehead atoms. The number of aliphatic hydroxyl groups is 1. The van der Waals surface area contributed by atoms with Gasteiger partial charge in [0.05, 0.1) is 4.92 Å². The Morgan fingerprint density at radius 1 is 1.44 bits per heavy atom. The van der Waals surface area contributed by atoms with E-state index in [1.54, 1.807) is 12.1 Å². The van der Waals surface area contributed by atoms with Crippen molar-refractivity contribution in [2.75, 3.05) is 13.2 Å². The molecule has 0 amide bonds. The van der Waals surface area contributed by atoms with Crippen LogP contribution < -0.4 is 5.32 Å². The minimum absolute atomic E-state index is 0.0233. The van der Waals surface area contributed by atoms with E-state index in [-0.39, 0.29) is 22.6 Å². The minimum atomic E-state index is -0.390. The molecule has 0 spiro atoms. The lowest BCUT2D eigenvalue weighted by atomic mass is 9.90. The summed E-state index contributed by atoms with van der Waals surface area (Å²) in [7, 11) is 0. The van der Waals surface area contributed by atoms with Crippen molar-refractivity contribution in [3.05, 3.63) is 39.9 Å². The zero-order valence-corrected chi connectivity index (χ0v) is 10.8. The number of non-ortho nitro benzene ring substituents is 1. The predicted octanol–water partition coefficient (Wildman–Crippen LogP) is 2.09. The minimum Gasteiger partial charge on any atom is -0.396 e. The Morgan fingerprint density at radius 2 is 2.17 bits per heavy atom. The standard InChI is InChI=1S/C13H20N2O3/c1-13(2,6-7-16)10-14-9-11-4-3-5-12(8-11)15(17)18/h3-5,8,14,16H,6-7,9-10H2,1-2H3. The van der Waals surface area contributed by atoms with Crippen LogP contribution in [0, 0.1) is 15.5 Å². The number of nitrogens with zero attached hydrogens (tertiary/aromatic N) is 1. The molecule has 0 saturated carbocycles. The fraction of sp³-hybridized carbons (Fsp3) is 0.538. The lowest BCUT2D eigenvalue weighted by molar-refractivity contribution is -0.384. The Hall–Kier alpha value is -1.46. The van der Waals surface area contributed by atoms with Crippen molar-refractivity contribution >= 4 is 5.69 Å². The van der Waals surface area contributed by atoms with Crippen molar-refractivity contribution in [1.29, 1.82) is 0 Å². The molecule has 0 aliphatic heterocycles. The van der Waals surface area contributed by atoms with Gasteiger partial charge in [-0.05, 0) is 17.4 Å². The van der Waals surface area contributed by atoms with Crippen molar-refractivity contribution in [2.45, 2.75) is 26.8 Å². The van der Waals surface area contributed by atoms with Gasteiger partial charge in [0, 0.05) is 31.8 Å². The van der Waals surface area contributed by atoms with E-state index in [9.17, 15) is 10.1 Å². The summed E-state index contributed by atoms with van der Waals surface area (Å²) >= 11 is 0. The molecule has 0 saturated heterocycles. The smallest absolute Gasteiger partial charge is 0.269 e. The molecular weight excluding hydrogens is 232 g/mol. The van der Waals surface area contributed by atoms with Crippen LogP contribution in [0.25, 0.3) is 0 Å². The maximum Gasteiger partial charge on any atom is 0.269 e. The quantitative estimate of drug-likeness (QED) is 0.575. The van der Waals surface area contributed by atoms with Gasteiger partial charge in [0.25, 0.3) is 5.69 Å². The summed E-state index contributed by atoms with van der Waals surface area (Å²) in [5, 5.41) is 22.8. The number of nitro groups is 1. The van der Waals surface area contributed by atoms with Gasteiger partial charge in [-0.3, -0.25) is 10.1 Å². The van der Waals surface area contributed by atoms with Crippen LogP contribution in [0.3, 0.4) is 0 Å². The lowest BCUT2D eigenvalue weighted by Gasteiger charge is -2.23. The van der Waals surface area contributed by atoms with Crippen molar-refractivity contribution in [3.8, 4) is 0 Å². The van der Waals surface area contributed by atoms with E-state index in [0.29, 0.717) is 6.54 Å². The highest BCUT2D eigenvalue weighted by molar-refractivity contribution is 5.34. The van der Waals surface area contributed by atoms with Crippen LogP contribution in [-0.2, 0) is 6.54 Å². The first kappa shape index (κ1) is 14.6. The van der Waals surface area contributed by atoms with Gasteiger partial charge in [0.15, 0.2) is 0 Å². The van der Waals surface area contributed by atoms with Crippen molar-refractivity contribution in [2.24, 2.45) is 5.41 Å². The SMILES string of the molecule is CC(C)(CCO)CNCc1cccc([N+](=O)[O-])c1. The third-order valence-electron chi connectivity index (χ3n) is 2.84. The van der Waals surface area contributed by atoms with Gasteiger partial charge in [-0.25, -0.2) is 0 Å². The number of nitrogens with one attached hydrogen (secondary N) is 1. The molecule has 1 rings (SSSR count). The monoisotopic (exact) mass is 252 g/mol. The maximum absolute atomic E-state index is 10.6. The second kappa shape index (κ2) is 6.47. The zero-order chi connectivity index (χ0) is 13.6. The molecule has 0 heterocycles. The summed E-state index contributed by atoms with van der Waals surface area (Å²) in [6.07, 6.45) is 0.731. The molecule has 0 fully saturated rings. The van der Waals surface area contributed by atoms with Crippen LogP contribution in [0.5, 0.6) is 0 Å². The maximum atomic E-state index is 10.6. The van der Waals surface area contributed by atoms with E-state index in [1.165, 1.54) is 6.07 Å². The lowest BCUT2D eigenvalue weighted by Crippen LogP contribution is -2.29. The van der Waals surface area contributed by atoms with Gasteiger partial charge < -0.3 is 10.4 Å². The van der Waals surface area contributed by atoms with E-state index in [0.717, 1.165) is 18.5 Å². The second-order valence-corrected chi connectivity index (χ2v) is 5.17. The summed E-state index contributed by atoms with van der Waals surface area (Å²) in [6.45, 7) is 5.67. The molecule has 0 aliphatic carbocycles. The highest BCUT2D eigenvalue weighted by Gasteiger charge is 2.16. The first-order chi connectivity index (χ1) is 8.44. The molecule has 0 aromatic heterocycles. The third-order valence-corrected chi connectivity index (χ3v) is 2.84. The number of hydrogen-bond donors (Lipinski definition) is 2. The molecule has 0 radical (unpaired) electrons. The van der Waals surface area contributed by atoms with Gasteiger partial charge in [0.2, 0.25) is 0 Å². The van der Waals surface area contributed by atoms with E-state index in [4.69, 9.17) is 5.11 Å². The molecule has 5 nitrogen and oxygen atoms in total. The topological polar surface area (TPSA) is 75.4 Å². The van der Waals surface area contributed by atoms with Crippen LogP contribution in [0.15, 0.2) is 24.3 Å². The Morgan fingerprint density at radius 3 is 2.78 bits per heavy atom. The average Bonchev–Trinajstić information content (AvgIpc) is 2.29. The fourth-order valence-electron chi connectivity index (χ4n) is 1.72. The summed E-state index contributed by atoms with van der Waals surface area (Å²) < 4.78 is 0. The van der Waals surface area contributed by atoms with Gasteiger partial charge in [0.1, 0.15) is 0 Å². The Bertz CT molecular complexity index is 405. The molecule has 1 aromatic carbocycles. The highest BCUT2D eigenvalue weighted by Crippen LogP contribution is 2.18. The van der Waals surface area contributed by atoms with Gasteiger partial charge in [-0.2, -0.15) is 0 Å². The van der Waals surface area contributed by atoms with Crippen LogP contribution in [0.4, 0.5) is 5.69 Å². The van der Waals surface area contributed by atoms with E-state index >= 15 is 0 Å². The highest BCUT2D eigenvalue weighted by atomic mass is 16.6. The van der Waals surface area contributed by atoms with Gasteiger partial charge in [-0.1, -0.05) is 26.0 Å². The Balaban J connectivity index is 2.49. The summed E-state index contributed by atoms with van der Waals surface area (Å²) in [6, 6.07) is 6.61.